The van der Waals surface area contributed by atoms with E-state index in [9.17, 15) is 4.79 Å². The fourth-order valence-electron chi connectivity index (χ4n) is 2.65. The molecule has 112 valence electrons. The van der Waals surface area contributed by atoms with Crippen LogP contribution in [0.4, 0.5) is 0 Å². The van der Waals surface area contributed by atoms with Gasteiger partial charge in [0, 0.05) is 25.7 Å². The van der Waals surface area contributed by atoms with Gasteiger partial charge in [0.2, 0.25) is 0 Å². The number of ether oxygens (including phenoxy) is 1. The third-order valence-electron chi connectivity index (χ3n) is 3.62. The lowest BCUT2D eigenvalue weighted by atomic mass is 9.92. The lowest BCUT2D eigenvalue weighted by molar-refractivity contribution is -0.145. The van der Waals surface area contributed by atoms with E-state index in [1.54, 1.807) is 0 Å². The second-order valence-electron chi connectivity index (χ2n) is 5.24. The van der Waals surface area contributed by atoms with Crippen molar-refractivity contribution in [1.29, 1.82) is 0 Å². The van der Waals surface area contributed by atoms with Gasteiger partial charge in [-0.05, 0) is 32.2 Å². The third kappa shape index (κ3) is 6.36. The minimum atomic E-state index is -0.131. The molecule has 2 N–H and O–H groups in total. The van der Waals surface area contributed by atoms with Crippen LogP contribution >= 0.6 is 0 Å². The summed E-state index contributed by atoms with van der Waals surface area (Å²) in [6.07, 6.45) is 3.07. The van der Waals surface area contributed by atoms with E-state index in [2.05, 4.69) is 17.1 Å². The number of aliphatic hydroxyl groups is 1. The van der Waals surface area contributed by atoms with Gasteiger partial charge in [-0.1, -0.05) is 13.3 Å². The highest BCUT2D eigenvalue weighted by Crippen LogP contribution is 2.19. The average Bonchev–Trinajstić information content (AvgIpc) is 2.39. The van der Waals surface area contributed by atoms with Crippen LogP contribution in [-0.2, 0) is 9.53 Å². The summed E-state index contributed by atoms with van der Waals surface area (Å²) < 4.78 is 5.01. The van der Waals surface area contributed by atoms with Crippen molar-refractivity contribution in [2.75, 3.05) is 39.4 Å². The Hall–Kier alpha value is -0.650. The van der Waals surface area contributed by atoms with E-state index in [1.165, 1.54) is 0 Å². The Kier molecular flexibility index (Phi) is 8.02. The van der Waals surface area contributed by atoms with Gasteiger partial charge >= 0.3 is 5.97 Å². The van der Waals surface area contributed by atoms with Crippen molar-refractivity contribution in [2.45, 2.75) is 39.2 Å². The van der Waals surface area contributed by atoms with Crippen LogP contribution in [0.2, 0.25) is 0 Å². The molecule has 19 heavy (non-hydrogen) atoms. The van der Waals surface area contributed by atoms with Crippen LogP contribution < -0.4 is 5.32 Å². The largest absolute Gasteiger partial charge is 0.465 e. The predicted octanol–water partition coefficient (Wildman–Crippen LogP) is 0.622. The van der Waals surface area contributed by atoms with Crippen LogP contribution in [-0.4, -0.2) is 61.4 Å². The molecular formula is C14H28N2O3. The van der Waals surface area contributed by atoms with Gasteiger partial charge < -0.3 is 15.2 Å². The lowest BCUT2D eigenvalue weighted by Crippen LogP contribution is -2.50. The van der Waals surface area contributed by atoms with E-state index in [-0.39, 0.29) is 12.6 Å². The van der Waals surface area contributed by atoms with Crippen molar-refractivity contribution < 1.29 is 14.6 Å². The SMILES string of the molecule is CCOC(=O)CN1CC(CC)CC(NCCCO)C1. The number of nitrogens with one attached hydrogen (secondary N) is 1. The Morgan fingerprint density at radius 2 is 2.21 bits per heavy atom. The first-order chi connectivity index (χ1) is 9.19. The molecule has 0 spiro atoms. The number of aliphatic hydroxyl groups excluding tert-OH is 1. The van der Waals surface area contributed by atoms with Crippen molar-refractivity contribution in [2.24, 2.45) is 5.92 Å². The molecule has 0 aromatic rings. The number of hydrogen-bond donors (Lipinski definition) is 2. The molecule has 2 atom stereocenters. The normalized spacial score (nSPS) is 24.4. The number of piperidine rings is 1. The van der Waals surface area contributed by atoms with Crippen LogP contribution in [0.3, 0.4) is 0 Å². The molecule has 2 unspecified atom stereocenters. The maximum absolute atomic E-state index is 11.6. The first-order valence-corrected chi connectivity index (χ1v) is 7.41. The highest BCUT2D eigenvalue weighted by atomic mass is 16.5. The molecule has 0 radical (unpaired) electrons. The van der Waals surface area contributed by atoms with Crippen LogP contribution in [0, 0.1) is 5.92 Å². The Labute approximate surface area is 116 Å². The van der Waals surface area contributed by atoms with Crippen LogP contribution in [0.15, 0.2) is 0 Å². The van der Waals surface area contributed by atoms with E-state index in [0.29, 0.717) is 25.1 Å². The minimum Gasteiger partial charge on any atom is -0.465 e. The Bertz CT molecular complexity index is 261. The van der Waals surface area contributed by atoms with Gasteiger partial charge in [-0.3, -0.25) is 9.69 Å². The summed E-state index contributed by atoms with van der Waals surface area (Å²) in [7, 11) is 0. The molecule has 0 bridgehead atoms. The molecule has 0 amide bonds. The van der Waals surface area contributed by atoms with Crippen molar-refractivity contribution in [3.63, 3.8) is 0 Å². The Balaban J connectivity index is 2.40. The minimum absolute atomic E-state index is 0.131. The first kappa shape index (κ1) is 16.4. The monoisotopic (exact) mass is 272 g/mol. The maximum atomic E-state index is 11.6. The van der Waals surface area contributed by atoms with Crippen LogP contribution in [0.5, 0.6) is 0 Å². The molecular weight excluding hydrogens is 244 g/mol. The Morgan fingerprint density at radius 3 is 2.84 bits per heavy atom. The third-order valence-corrected chi connectivity index (χ3v) is 3.62. The van der Waals surface area contributed by atoms with E-state index >= 15 is 0 Å². The number of carbonyl (C=O) groups excluding carboxylic acids is 1. The summed E-state index contributed by atoms with van der Waals surface area (Å²) in [6.45, 7) is 7.80. The summed E-state index contributed by atoms with van der Waals surface area (Å²) in [5, 5.41) is 12.3. The van der Waals surface area contributed by atoms with Gasteiger partial charge in [-0.2, -0.15) is 0 Å². The zero-order valence-corrected chi connectivity index (χ0v) is 12.2. The molecule has 0 aromatic heterocycles. The van der Waals surface area contributed by atoms with E-state index in [1.807, 2.05) is 6.92 Å². The van der Waals surface area contributed by atoms with Crippen molar-refractivity contribution in [3.05, 3.63) is 0 Å². The standard InChI is InChI=1S/C14H28N2O3/c1-3-12-8-13(15-6-5-7-17)10-16(9-12)11-14(18)19-4-2/h12-13,15,17H,3-11H2,1-2H3. The molecule has 1 fully saturated rings. The molecule has 0 saturated carbocycles. The van der Waals surface area contributed by atoms with Crippen molar-refractivity contribution in [1.82, 2.24) is 10.2 Å². The lowest BCUT2D eigenvalue weighted by Gasteiger charge is -2.37. The molecule has 0 aliphatic carbocycles. The number of hydrogen-bond acceptors (Lipinski definition) is 5. The maximum Gasteiger partial charge on any atom is 0.320 e. The summed E-state index contributed by atoms with van der Waals surface area (Å²) >= 11 is 0. The van der Waals surface area contributed by atoms with E-state index in [0.717, 1.165) is 38.9 Å². The van der Waals surface area contributed by atoms with Crippen LogP contribution in [0.25, 0.3) is 0 Å². The fraction of sp³-hybridized carbons (Fsp3) is 0.929. The molecule has 1 aliphatic rings. The second-order valence-corrected chi connectivity index (χ2v) is 5.24. The number of likely N-dealkylation sites (tertiary alicyclic amines) is 1. The predicted molar refractivity (Wildman–Crippen MR) is 75.0 cm³/mol. The van der Waals surface area contributed by atoms with E-state index in [4.69, 9.17) is 9.84 Å². The number of carbonyl (C=O) groups is 1. The Morgan fingerprint density at radius 1 is 1.42 bits per heavy atom. The molecule has 5 nitrogen and oxygen atoms in total. The van der Waals surface area contributed by atoms with Gasteiger partial charge in [0.25, 0.3) is 0 Å². The molecule has 0 aromatic carbocycles. The summed E-state index contributed by atoms with van der Waals surface area (Å²) in [5.74, 6) is 0.503. The van der Waals surface area contributed by atoms with Gasteiger partial charge in [0.05, 0.1) is 13.2 Å². The zero-order valence-electron chi connectivity index (χ0n) is 12.2. The van der Waals surface area contributed by atoms with Crippen molar-refractivity contribution in [3.8, 4) is 0 Å². The van der Waals surface area contributed by atoms with Gasteiger partial charge in [-0.25, -0.2) is 0 Å². The zero-order chi connectivity index (χ0) is 14.1. The summed E-state index contributed by atoms with van der Waals surface area (Å²) in [4.78, 5) is 13.7. The summed E-state index contributed by atoms with van der Waals surface area (Å²) in [5.41, 5.74) is 0. The van der Waals surface area contributed by atoms with Gasteiger partial charge in [0.15, 0.2) is 0 Å². The highest BCUT2D eigenvalue weighted by molar-refractivity contribution is 5.71. The fourth-order valence-corrected chi connectivity index (χ4v) is 2.65. The highest BCUT2D eigenvalue weighted by Gasteiger charge is 2.27. The second kappa shape index (κ2) is 9.28. The molecule has 1 aliphatic heterocycles. The molecule has 5 heteroatoms. The smallest absolute Gasteiger partial charge is 0.320 e. The molecule has 1 heterocycles. The number of esters is 1. The number of nitrogens with zero attached hydrogens (tertiary/aromatic N) is 1. The topological polar surface area (TPSA) is 61.8 Å². The molecule has 1 saturated heterocycles. The summed E-state index contributed by atoms with van der Waals surface area (Å²) in [6, 6.07) is 0.416. The van der Waals surface area contributed by atoms with Gasteiger partial charge in [-0.15, -0.1) is 0 Å². The van der Waals surface area contributed by atoms with E-state index < -0.39 is 0 Å². The van der Waals surface area contributed by atoms with Gasteiger partial charge in [0.1, 0.15) is 0 Å². The van der Waals surface area contributed by atoms with Crippen molar-refractivity contribution >= 4 is 5.97 Å². The average molecular weight is 272 g/mol. The first-order valence-electron chi connectivity index (χ1n) is 7.41. The number of rotatable bonds is 8. The quantitative estimate of drug-likeness (QED) is 0.501. The molecule has 1 rings (SSSR count). The van der Waals surface area contributed by atoms with Crippen LogP contribution in [0.1, 0.15) is 33.1 Å².